The average molecular weight is 345 g/mol. The van der Waals surface area contributed by atoms with Gasteiger partial charge in [0.25, 0.3) is 0 Å². The van der Waals surface area contributed by atoms with Gasteiger partial charge in [0.1, 0.15) is 0 Å². The van der Waals surface area contributed by atoms with Gasteiger partial charge < -0.3 is 15.5 Å². The lowest BCUT2D eigenvalue weighted by molar-refractivity contribution is -0.137. The van der Waals surface area contributed by atoms with Crippen LogP contribution in [0.3, 0.4) is 0 Å². The SMILES string of the molecule is CC.CNC(CCS(=O)c1ccccc1C=O)CC(=O)O.CO. The summed E-state index contributed by atoms with van der Waals surface area (Å²) in [6.45, 7) is 4.00. The number of nitrogens with one attached hydrogen (secondary N) is 1. The molecule has 0 aliphatic heterocycles. The Kier molecular flexibility index (Phi) is 15.8. The Morgan fingerprint density at radius 1 is 1.30 bits per heavy atom. The quantitative estimate of drug-likeness (QED) is 0.620. The van der Waals surface area contributed by atoms with Crippen LogP contribution in [0.25, 0.3) is 0 Å². The number of carbonyl (C=O) groups excluding carboxylic acids is 1. The van der Waals surface area contributed by atoms with Gasteiger partial charge in [-0.1, -0.05) is 32.0 Å². The Morgan fingerprint density at radius 2 is 1.87 bits per heavy atom. The molecule has 0 spiro atoms. The largest absolute Gasteiger partial charge is 0.481 e. The van der Waals surface area contributed by atoms with Crippen LogP contribution in [0.2, 0.25) is 0 Å². The molecule has 0 amide bonds. The Labute approximate surface area is 140 Å². The van der Waals surface area contributed by atoms with E-state index in [9.17, 15) is 13.8 Å². The molecule has 0 aliphatic carbocycles. The highest BCUT2D eigenvalue weighted by Crippen LogP contribution is 2.13. The van der Waals surface area contributed by atoms with Gasteiger partial charge >= 0.3 is 5.97 Å². The number of aldehydes is 1. The predicted molar refractivity (Wildman–Crippen MR) is 92.3 cm³/mol. The molecule has 0 fully saturated rings. The maximum atomic E-state index is 12.1. The number of aliphatic carboxylic acids is 1. The van der Waals surface area contributed by atoms with Gasteiger partial charge in [0.05, 0.1) is 17.2 Å². The van der Waals surface area contributed by atoms with Gasteiger partial charge in [-0.3, -0.25) is 13.8 Å². The zero-order valence-electron chi connectivity index (χ0n) is 14.1. The van der Waals surface area contributed by atoms with Crippen LogP contribution in [0.5, 0.6) is 0 Å². The summed E-state index contributed by atoms with van der Waals surface area (Å²) in [7, 11) is 1.38. The second-order valence-corrected chi connectivity index (χ2v) is 5.62. The number of carboxylic acids is 1. The molecule has 23 heavy (non-hydrogen) atoms. The smallest absolute Gasteiger partial charge is 0.304 e. The third-order valence-corrected chi connectivity index (χ3v) is 4.24. The number of benzene rings is 1. The van der Waals surface area contributed by atoms with E-state index < -0.39 is 16.8 Å². The molecular weight excluding hydrogens is 318 g/mol. The van der Waals surface area contributed by atoms with Crippen molar-refractivity contribution < 1.29 is 24.0 Å². The first-order valence-electron chi connectivity index (χ1n) is 7.34. The maximum absolute atomic E-state index is 12.1. The van der Waals surface area contributed by atoms with Crippen molar-refractivity contribution in [1.29, 1.82) is 0 Å². The van der Waals surface area contributed by atoms with E-state index in [-0.39, 0.29) is 12.5 Å². The molecule has 2 unspecified atom stereocenters. The average Bonchev–Trinajstić information content (AvgIpc) is 2.61. The molecule has 6 nitrogen and oxygen atoms in total. The monoisotopic (exact) mass is 345 g/mol. The zero-order chi connectivity index (χ0) is 18.3. The highest BCUT2D eigenvalue weighted by atomic mass is 32.2. The second-order valence-electron chi connectivity index (χ2n) is 4.08. The number of hydrogen-bond donors (Lipinski definition) is 3. The summed E-state index contributed by atoms with van der Waals surface area (Å²) in [6.07, 6.45) is 1.14. The topological polar surface area (TPSA) is 104 Å². The fourth-order valence-corrected chi connectivity index (χ4v) is 3.03. The molecule has 7 heteroatoms. The zero-order valence-corrected chi connectivity index (χ0v) is 14.9. The third-order valence-electron chi connectivity index (χ3n) is 2.77. The van der Waals surface area contributed by atoms with Crippen molar-refractivity contribution in [3.05, 3.63) is 29.8 Å². The van der Waals surface area contributed by atoms with Gasteiger partial charge in [0, 0.05) is 29.4 Å². The number of carboxylic acid groups (broad SMARTS) is 1. The van der Waals surface area contributed by atoms with Crippen molar-refractivity contribution in [2.45, 2.75) is 37.6 Å². The minimum atomic E-state index is -1.30. The molecule has 0 aromatic heterocycles. The van der Waals surface area contributed by atoms with Crippen molar-refractivity contribution in [2.24, 2.45) is 0 Å². The van der Waals surface area contributed by atoms with Crippen molar-refractivity contribution >= 4 is 23.1 Å². The molecule has 132 valence electrons. The number of carbonyl (C=O) groups is 2. The lowest BCUT2D eigenvalue weighted by Crippen LogP contribution is -2.29. The first-order valence-corrected chi connectivity index (χ1v) is 8.66. The molecule has 1 aromatic carbocycles. The van der Waals surface area contributed by atoms with E-state index in [1.807, 2.05) is 13.8 Å². The Balaban J connectivity index is 0. The molecule has 0 radical (unpaired) electrons. The number of rotatable bonds is 8. The van der Waals surface area contributed by atoms with E-state index in [4.69, 9.17) is 10.2 Å². The van der Waals surface area contributed by atoms with E-state index in [2.05, 4.69) is 5.32 Å². The maximum Gasteiger partial charge on any atom is 0.304 e. The highest BCUT2D eigenvalue weighted by molar-refractivity contribution is 7.85. The number of hydrogen-bond acceptors (Lipinski definition) is 5. The molecule has 0 aliphatic rings. The lowest BCUT2D eigenvalue weighted by Gasteiger charge is -2.13. The molecule has 3 N–H and O–H groups in total. The van der Waals surface area contributed by atoms with Gasteiger partial charge in [-0.2, -0.15) is 0 Å². The van der Waals surface area contributed by atoms with E-state index in [1.165, 1.54) is 0 Å². The number of aliphatic hydroxyl groups excluding tert-OH is 1. The minimum absolute atomic E-state index is 0.0109. The molecule has 2 atom stereocenters. The van der Waals surface area contributed by atoms with Crippen molar-refractivity contribution in [1.82, 2.24) is 5.32 Å². The highest BCUT2D eigenvalue weighted by Gasteiger charge is 2.14. The fourth-order valence-electron chi connectivity index (χ4n) is 1.70. The standard InChI is InChI=1S/C13H17NO4S.C2H6.CH4O/c1-14-11(8-13(16)17)6-7-19(18)12-5-3-2-4-10(12)9-15;2*1-2/h2-5,9,11,14H,6-8H2,1H3,(H,16,17);1-2H3;2H,1H3. The first kappa shape index (κ1) is 23.7. The Hall–Kier alpha value is -1.57. The summed E-state index contributed by atoms with van der Waals surface area (Å²) in [5.74, 6) is -0.567. The molecule has 1 aromatic rings. The summed E-state index contributed by atoms with van der Waals surface area (Å²) in [5.41, 5.74) is 0.417. The van der Waals surface area contributed by atoms with Gasteiger partial charge in [0.15, 0.2) is 6.29 Å². The first-order chi connectivity index (χ1) is 11.1. The van der Waals surface area contributed by atoms with Crippen LogP contribution in [-0.2, 0) is 15.6 Å². The van der Waals surface area contributed by atoms with Crippen LogP contribution in [0.15, 0.2) is 29.2 Å². The van der Waals surface area contributed by atoms with Crippen molar-refractivity contribution in [3.63, 3.8) is 0 Å². The van der Waals surface area contributed by atoms with Gasteiger partial charge in [-0.15, -0.1) is 0 Å². The van der Waals surface area contributed by atoms with Crippen molar-refractivity contribution in [2.75, 3.05) is 19.9 Å². The van der Waals surface area contributed by atoms with Crippen LogP contribution in [0.1, 0.15) is 37.0 Å². The predicted octanol–water partition coefficient (Wildman–Crippen LogP) is 1.69. The summed E-state index contributed by atoms with van der Waals surface area (Å²) in [4.78, 5) is 22.0. The van der Waals surface area contributed by atoms with Crippen LogP contribution in [0.4, 0.5) is 0 Å². The van der Waals surface area contributed by atoms with E-state index in [0.29, 0.717) is 28.9 Å². The van der Waals surface area contributed by atoms with Gasteiger partial charge in [-0.25, -0.2) is 0 Å². The normalized spacial score (nSPS) is 11.9. The van der Waals surface area contributed by atoms with Gasteiger partial charge in [-0.05, 0) is 19.5 Å². The summed E-state index contributed by atoms with van der Waals surface area (Å²) < 4.78 is 12.1. The van der Waals surface area contributed by atoms with Crippen molar-refractivity contribution in [3.8, 4) is 0 Å². The van der Waals surface area contributed by atoms with Gasteiger partial charge in [0.2, 0.25) is 0 Å². The van der Waals surface area contributed by atoms with Crippen LogP contribution in [-0.4, -0.2) is 52.6 Å². The van der Waals surface area contributed by atoms with E-state index in [1.54, 1.807) is 31.3 Å². The lowest BCUT2D eigenvalue weighted by atomic mass is 10.1. The summed E-state index contributed by atoms with van der Waals surface area (Å²) in [5, 5.41) is 18.6. The molecule has 0 saturated carbocycles. The minimum Gasteiger partial charge on any atom is -0.481 e. The molecular formula is C16H27NO5S. The summed E-state index contributed by atoms with van der Waals surface area (Å²) in [6, 6.07) is 6.50. The van der Waals surface area contributed by atoms with Crippen LogP contribution >= 0.6 is 0 Å². The molecule has 1 rings (SSSR count). The van der Waals surface area contributed by atoms with E-state index >= 15 is 0 Å². The third kappa shape index (κ3) is 9.93. The van der Waals surface area contributed by atoms with Crippen LogP contribution in [0, 0.1) is 0 Å². The molecule has 0 bridgehead atoms. The summed E-state index contributed by atoms with van der Waals surface area (Å²) >= 11 is 0. The second kappa shape index (κ2) is 15.3. The fraction of sp³-hybridized carbons (Fsp3) is 0.500. The molecule has 0 heterocycles. The van der Waals surface area contributed by atoms with E-state index in [0.717, 1.165) is 7.11 Å². The molecule has 0 saturated heterocycles. The number of aliphatic hydroxyl groups is 1. The Bertz CT molecular complexity index is 479. The van der Waals surface area contributed by atoms with Crippen LogP contribution < -0.4 is 5.32 Å². The Morgan fingerprint density at radius 3 is 2.35 bits per heavy atom.